The van der Waals surface area contributed by atoms with E-state index in [2.05, 4.69) is 4.72 Å². The second-order valence-corrected chi connectivity index (χ2v) is 6.77. The number of sulfonamides is 1. The van der Waals surface area contributed by atoms with Gasteiger partial charge >= 0.3 is 0 Å². The molecule has 0 heterocycles. The molecule has 0 aromatic heterocycles. The molecule has 0 amide bonds. The summed E-state index contributed by atoms with van der Waals surface area (Å²) in [5.41, 5.74) is 6.33. The minimum atomic E-state index is -3.53. The summed E-state index contributed by atoms with van der Waals surface area (Å²) < 4.78 is 32.7. The standard InChI is InChI=1S/C14H24N2O3S/c1-5-19-14-7-6-13(8-12(14)9-15)20(17,18)16-11(4)10(2)3/h6-8,10-11,16H,5,9,15H2,1-4H3. The van der Waals surface area contributed by atoms with Crippen molar-refractivity contribution >= 4 is 10.0 Å². The molecule has 3 N–H and O–H groups in total. The van der Waals surface area contributed by atoms with Crippen molar-refractivity contribution in [3.8, 4) is 5.75 Å². The minimum absolute atomic E-state index is 0.132. The number of benzene rings is 1. The first-order valence-electron chi connectivity index (χ1n) is 6.80. The maximum absolute atomic E-state index is 12.3. The van der Waals surface area contributed by atoms with E-state index in [-0.39, 0.29) is 23.4 Å². The van der Waals surface area contributed by atoms with Crippen LogP contribution in [-0.4, -0.2) is 21.1 Å². The molecule has 1 rings (SSSR count). The molecular formula is C14H24N2O3S. The zero-order valence-corrected chi connectivity index (χ0v) is 13.3. The molecule has 1 aromatic rings. The van der Waals surface area contributed by atoms with Crippen molar-refractivity contribution < 1.29 is 13.2 Å². The van der Waals surface area contributed by atoms with Crippen LogP contribution in [0.25, 0.3) is 0 Å². The molecule has 1 atom stereocenters. The predicted octanol–water partition coefficient (Wildman–Crippen LogP) is 1.87. The van der Waals surface area contributed by atoms with Gasteiger partial charge in [-0.05, 0) is 38.0 Å². The molecule has 0 saturated carbocycles. The number of nitrogens with one attached hydrogen (secondary N) is 1. The van der Waals surface area contributed by atoms with Crippen molar-refractivity contribution in [3.63, 3.8) is 0 Å². The van der Waals surface area contributed by atoms with E-state index in [1.54, 1.807) is 18.2 Å². The molecule has 114 valence electrons. The van der Waals surface area contributed by atoms with Gasteiger partial charge in [-0.3, -0.25) is 0 Å². The summed E-state index contributed by atoms with van der Waals surface area (Å²) in [7, 11) is -3.53. The van der Waals surface area contributed by atoms with Crippen LogP contribution in [0, 0.1) is 5.92 Å². The summed E-state index contributed by atoms with van der Waals surface area (Å²) >= 11 is 0. The van der Waals surface area contributed by atoms with E-state index in [9.17, 15) is 8.42 Å². The fourth-order valence-corrected chi connectivity index (χ4v) is 3.07. The highest BCUT2D eigenvalue weighted by Gasteiger charge is 2.20. The van der Waals surface area contributed by atoms with Crippen molar-refractivity contribution in [2.75, 3.05) is 6.61 Å². The van der Waals surface area contributed by atoms with Gasteiger partial charge in [0, 0.05) is 18.2 Å². The first-order valence-corrected chi connectivity index (χ1v) is 8.28. The first kappa shape index (κ1) is 16.9. The minimum Gasteiger partial charge on any atom is -0.494 e. The number of hydrogen-bond acceptors (Lipinski definition) is 4. The summed E-state index contributed by atoms with van der Waals surface area (Å²) in [6.07, 6.45) is 0. The maximum atomic E-state index is 12.3. The van der Waals surface area contributed by atoms with E-state index in [0.717, 1.165) is 0 Å². The third kappa shape index (κ3) is 4.19. The Morgan fingerprint density at radius 2 is 1.95 bits per heavy atom. The molecule has 6 heteroatoms. The second-order valence-electron chi connectivity index (χ2n) is 5.06. The lowest BCUT2D eigenvalue weighted by Crippen LogP contribution is -2.36. The highest BCUT2D eigenvalue weighted by Crippen LogP contribution is 2.22. The average molecular weight is 300 g/mol. The average Bonchev–Trinajstić information content (AvgIpc) is 2.38. The van der Waals surface area contributed by atoms with Crippen LogP contribution in [0.15, 0.2) is 23.1 Å². The molecule has 5 nitrogen and oxygen atoms in total. The van der Waals surface area contributed by atoms with E-state index in [4.69, 9.17) is 10.5 Å². The molecule has 20 heavy (non-hydrogen) atoms. The molecule has 0 radical (unpaired) electrons. The van der Waals surface area contributed by atoms with E-state index in [1.165, 1.54) is 0 Å². The van der Waals surface area contributed by atoms with Crippen LogP contribution in [0.3, 0.4) is 0 Å². The predicted molar refractivity (Wildman–Crippen MR) is 80.1 cm³/mol. The molecule has 0 aliphatic rings. The highest BCUT2D eigenvalue weighted by molar-refractivity contribution is 7.89. The van der Waals surface area contributed by atoms with Gasteiger partial charge in [0.05, 0.1) is 11.5 Å². The van der Waals surface area contributed by atoms with Crippen LogP contribution in [0.2, 0.25) is 0 Å². The van der Waals surface area contributed by atoms with Crippen LogP contribution < -0.4 is 15.2 Å². The summed E-state index contributed by atoms with van der Waals surface area (Å²) in [5.74, 6) is 0.854. The van der Waals surface area contributed by atoms with E-state index in [1.807, 2.05) is 27.7 Å². The molecule has 0 saturated heterocycles. The van der Waals surface area contributed by atoms with Crippen molar-refractivity contribution in [3.05, 3.63) is 23.8 Å². The highest BCUT2D eigenvalue weighted by atomic mass is 32.2. The largest absolute Gasteiger partial charge is 0.494 e. The van der Waals surface area contributed by atoms with Crippen LogP contribution in [0.1, 0.15) is 33.3 Å². The normalized spacial score (nSPS) is 13.5. The summed E-state index contributed by atoms with van der Waals surface area (Å²) in [6.45, 7) is 8.41. The number of rotatable bonds is 7. The lowest BCUT2D eigenvalue weighted by molar-refractivity contribution is 0.336. The van der Waals surface area contributed by atoms with Gasteiger partial charge in [-0.1, -0.05) is 13.8 Å². The van der Waals surface area contributed by atoms with Crippen LogP contribution in [0.5, 0.6) is 5.75 Å². The van der Waals surface area contributed by atoms with Gasteiger partial charge in [0.15, 0.2) is 0 Å². The van der Waals surface area contributed by atoms with Crippen molar-refractivity contribution in [2.24, 2.45) is 11.7 Å². The molecular weight excluding hydrogens is 276 g/mol. The van der Waals surface area contributed by atoms with Gasteiger partial charge in [-0.2, -0.15) is 0 Å². The third-order valence-electron chi connectivity index (χ3n) is 3.20. The Labute approximate surface area is 121 Å². The van der Waals surface area contributed by atoms with Gasteiger partial charge in [0.25, 0.3) is 0 Å². The Kier molecular flexibility index (Phi) is 5.98. The summed E-state index contributed by atoms with van der Waals surface area (Å²) in [4.78, 5) is 0.217. The SMILES string of the molecule is CCOc1ccc(S(=O)(=O)NC(C)C(C)C)cc1CN. The topological polar surface area (TPSA) is 81.4 Å². The molecule has 1 unspecified atom stereocenters. The molecule has 0 bridgehead atoms. The molecule has 0 aliphatic heterocycles. The van der Waals surface area contributed by atoms with Crippen LogP contribution >= 0.6 is 0 Å². The van der Waals surface area contributed by atoms with Gasteiger partial charge in [0.2, 0.25) is 10.0 Å². The van der Waals surface area contributed by atoms with Crippen molar-refractivity contribution in [1.82, 2.24) is 4.72 Å². The zero-order valence-electron chi connectivity index (χ0n) is 12.5. The Morgan fingerprint density at radius 1 is 1.30 bits per heavy atom. The smallest absolute Gasteiger partial charge is 0.240 e. The van der Waals surface area contributed by atoms with Crippen molar-refractivity contribution in [2.45, 2.75) is 45.2 Å². The molecule has 1 aromatic carbocycles. The zero-order chi connectivity index (χ0) is 15.3. The van der Waals surface area contributed by atoms with E-state index >= 15 is 0 Å². The monoisotopic (exact) mass is 300 g/mol. The second kappa shape index (κ2) is 7.06. The van der Waals surface area contributed by atoms with Gasteiger partial charge in [0.1, 0.15) is 5.75 Å². The molecule has 0 aliphatic carbocycles. The van der Waals surface area contributed by atoms with Gasteiger partial charge in [-0.25, -0.2) is 13.1 Å². The maximum Gasteiger partial charge on any atom is 0.240 e. The lowest BCUT2D eigenvalue weighted by Gasteiger charge is -2.18. The number of hydrogen-bond donors (Lipinski definition) is 2. The Hall–Kier alpha value is -1.11. The first-order chi connectivity index (χ1) is 9.31. The number of nitrogens with two attached hydrogens (primary N) is 1. The lowest BCUT2D eigenvalue weighted by atomic mass is 10.1. The van der Waals surface area contributed by atoms with Crippen LogP contribution in [0.4, 0.5) is 0 Å². The van der Waals surface area contributed by atoms with Crippen LogP contribution in [-0.2, 0) is 16.6 Å². The fourth-order valence-electron chi connectivity index (χ4n) is 1.63. The Bertz CT molecular complexity index is 541. The van der Waals surface area contributed by atoms with Crippen molar-refractivity contribution in [1.29, 1.82) is 0 Å². The molecule has 0 fully saturated rings. The van der Waals surface area contributed by atoms with Gasteiger partial charge in [-0.15, -0.1) is 0 Å². The third-order valence-corrected chi connectivity index (χ3v) is 4.76. The van der Waals surface area contributed by atoms with E-state index < -0.39 is 10.0 Å². The molecule has 0 spiro atoms. The Morgan fingerprint density at radius 3 is 2.45 bits per heavy atom. The number of ether oxygens (including phenoxy) is 1. The quantitative estimate of drug-likeness (QED) is 0.805. The Balaban J connectivity index is 3.07. The fraction of sp³-hybridized carbons (Fsp3) is 0.571. The summed E-state index contributed by atoms with van der Waals surface area (Å²) in [5, 5.41) is 0. The van der Waals surface area contributed by atoms with Gasteiger partial charge < -0.3 is 10.5 Å². The van der Waals surface area contributed by atoms with E-state index in [0.29, 0.717) is 17.9 Å². The summed E-state index contributed by atoms with van der Waals surface area (Å²) in [6, 6.07) is 4.63.